The first-order chi connectivity index (χ1) is 16.2. The number of hydroxylamine groups is 1. The maximum atomic E-state index is 14.0. The molecule has 0 radical (unpaired) electrons. The maximum absolute atomic E-state index is 14.0. The summed E-state index contributed by atoms with van der Waals surface area (Å²) < 4.78 is 21.6. The molecule has 2 saturated heterocycles. The molecule has 8 nitrogen and oxygen atoms in total. The minimum absolute atomic E-state index is 0.0297. The van der Waals surface area contributed by atoms with Gasteiger partial charge in [0.1, 0.15) is 17.2 Å². The van der Waals surface area contributed by atoms with Gasteiger partial charge in [0.15, 0.2) is 0 Å². The van der Waals surface area contributed by atoms with E-state index < -0.39 is 5.60 Å². The second kappa shape index (κ2) is 8.47. The van der Waals surface area contributed by atoms with Crippen molar-refractivity contribution >= 4 is 28.5 Å². The number of hydrogen-bond acceptors (Lipinski definition) is 6. The van der Waals surface area contributed by atoms with E-state index in [1.54, 1.807) is 17.2 Å². The van der Waals surface area contributed by atoms with E-state index in [2.05, 4.69) is 11.8 Å². The van der Waals surface area contributed by atoms with Crippen LogP contribution in [0.15, 0.2) is 42.7 Å². The molecule has 2 aliphatic heterocycles. The van der Waals surface area contributed by atoms with Gasteiger partial charge in [-0.15, -0.1) is 0 Å². The topological polar surface area (TPSA) is 63.1 Å². The lowest BCUT2D eigenvalue weighted by Crippen LogP contribution is -2.55. The summed E-state index contributed by atoms with van der Waals surface area (Å²) in [4.78, 5) is 27.0. The number of ether oxygens (including phenoxy) is 1. The smallest absolute Gasteiger partial charge is 0.410 e. The zero-order chi connectivity index (χ0) is 24.0. The molecule has 34 heavy (non-hydrogen) atoms. The molecule has 9 heteroatoms. The molecule has 1 aromatic carbocycles. The molecule has 1 atom stereocenters. The van der Waals surface area contributed by atoms with Crippen molar-refractivity contribution in [3.63, 3.8) is 0 Å². The predicted octanol–water partition coefficient (Wildman–Crippen LogP) is 4.36. The first-order valence-corrected chi connectivity index (χ1v) is 11.6. The monoisotopic (exact) mass is 467 g/mol. The van der Waals surface area contributed by atoms with E-state index in [9.17, 15) is 9.18 Å². The molecule has 2 fully saturated rings. The number of amides is 1. The number of pyridine rings is 1. The molecule has 2 aliphatic rings. The van der Waals surface area contributed by atoms with Gasteiger partial charge in [0, 0.05) is 43.8 Å². The molecule has 0 bridgehead atoms. The molecule has 2 aromatic heterocycles. The van der Waals surface area contributed by atoms with Crippen molar-refractivity contribution in [3.05, 3.63) is 48.5 Å². The highest BCUT2D eigenvalue weighted by atomic mass is 19.1. The molecule has 3 aromatic rings. The third-order valence-corrected chi connectivity index (χ3v) is 6.12. The molecule has 0 aliphatic carbocycles. The second-order valence-electron chi connectivity index (χ2n) is 9.80. The van der Waals surface area contributed by atoms with Crippen LogP contribution < -0.4 is 9.96 Å². The fourth-order valence-corrected chi connectivity index (χ4v) is 4.53. The van der Waals surface area contributed by atoms with Gasteiger partial charge in [-0.05, 0) is 52.0 Å². The summed E-state index contributed by atoms with van der Waals surface area (Å²) in [5.74, 6) is 0.539. The lowest BCUT2D eigenvalue weighted by Gasteiger charge is -2.41. The number of carbonyl (C=O) groups is 1. The van der Waals surface area contributed by atoms with Crippen molar-refractivity contribution in [2.45, 2.75) is 39.3 Å². The number of hydrogen-bond donors (Lipinski definition) is 0. The zero-order valence-corrected chi connectivity index (χ0v) is 20.0. The molecular weight excluding hydrogens is 437 g/mol. The standard InChI is InChI=1S/C25H30FN5O3/c1-17-15-28(24(32)34-25(2,3)4)10-11-29(17)23-22-20(8-9-27-23)30(16-21(22)31-12-13-33-31)19-7-5-6-18(26)14-19/h5-9,14,16-17H,10-13,15H2,1-4H3. The lowest BCUT2D eigenvalue weighted by atomic mass is 10.1. The number of piperazine rings is 1. The van der Waals surface area contributed by atoms with Crippen molar-refractivity contribution in [2.75, 3.05) is 42.7 Å². The number of carbonyl (C=O) groups excluding carboxylic acids is 1. The van der Waals surface area contributed by atoms with Crippen LogP contribution in [0.3, 0.4) is 0 Å². The van der Waals surface area contributed by atoms with Crippen LogP contribution in [0.2, 0.25) is 0 Å². The van der Waals surface area contributed by atoms with Gasteiger partial charge in [-0.2, -0.15) is 0 Å². The number of rotatable bonds is 3. The Hall–Kier alpha value is -3.33. The van der Waals surface area contributed by atoms with E-state index in [-0.39, 0.29) is 18.0 Å². The van der Waals surface area contributed by atoms with Crippen LogP contribution in [0.5, 0.6) is 0 Å². The molecule has 5 rings (SSSR count). The Morgan fingerprint density at radius 1 is 1.21 bits per heavy atom. The SMILES string of the molecule is CC1CN(C(=O)OC(C)(C)C)CCN1c1nccc2c1c(N1CCO1)cn2-c1cccc(F)c1. The van der Waals surface area contributed by atoms with Gasteiger partial charge in [0.05, 0.1) is 29.7 Å². The van der Waals surface area contributed by atoms with Gasteiger partial charge in [0.2, 0.25) is 0 Å². The van der Waals surface area contributed by atoms with E-state index in [4.69, 9.17) is 14.6 Å². The number of halogens is 1. The normalized spacial score (nSPS) is 18.9. The van der Waals surface area contributed by atoms with Crippen LogP contribution in [0.4, 0.5) is 20.7 Å². The third kappa shape index (κ3) is 4.16. The highest BCUT2D eigenvalue weighted by Crippen LogP contribution is 2.39. The van der Waals surface area contributed by atoms with E-state index in [0.717, 1.165) is 34.6 Å². The quantitative estimate of drug-likeness (QED) is 0.570. The molecular formula is C25H30FN5O3. The molecule has 4 heterocycles. The van der Waals surface area contributed by atoms with Crippen LogP contribution in [0, 0.1) is 5.82 Å². The molecule has 0 spiro atoms. The summed E-state index contributed by atoms with van der Waals surface area (Å²) in [6, 6.07) is 8.51. The number of aromatic nitrogens is 2. The Labute approximate surface area is 198 Å². The highest BCUT2D eigenvalue weighted by Gasteiger charge is 2.33. The summed E-state index contributed by atoms with van der Waals surface area (Å²) in [7, 11) is 0. The van der Waals surface area contributed by atoms with Gasteiger partial charge < -0.3 is 19.1 Å². The predicted molar refractivity (Wildman–Crippen MR) is 129 cm³/mol. The Morgan fingerprint density at radius 2 is 2.00 bits per heavy atom. The van der Waals surface area contributed by atoms with Crippen molar-refractivity contribution in [1.29, 1.82) is 0 Å². The lowest BCUT2D eigenvalue weighted by molar-refractivity contribution is 0.0218. The number of benzene rings is 1. The van der Waals surface area contributed by atoms with Crippen LogP contribution >= 0.6 is 0 Å². The average molecular weight is 468 g/mol. The fraction of sp³-hybridized carbons (Fsp3) is 0.440. The first-order valence-electron chi connectivity index (χ1n) is 11.6. The van der Waals surface area contributed by atoms with Crippen molar-refractivity contribution in [2.24, 2.45) is 0 Å². The third-order valence-electron chi connectivity index (χ3n) is 6.12. The second-order valence-corrected chi connectivity index (χ2v) is 9.80. The molecule has 1 amide bonds. The summed E-state index contributed by atoms with van der Waals surface area (Å²) in [5, 5.41) is 2.80. The van der Waals surface area contributed by atoms with Crippen molar-refractivity contribution < 1.29 is 18.8 Å². The summed E-state index contributed by atoms with van der Waals surface area (Å²) in [6.45, 7) is 10.8. The summed E-state index contributed by atoms with van der Waals surface area (Å²) in [5.41, 5.74) is 2.02. The van der Waals surface area contributed by atoms with Gasteiger partial charge in [0.25, 0.3) is 0 Å². The molecule has 0 N–H and O–H groups in total. The Morgan fingerprint density at radius 3 is 2.65 bits per heavy atom. The highest BCUT2D eigenvalue weighted by molar-refractivity contribution is 6.02. The van der Waals surface area contributed by atoms with Crippen LogP contribution in [0.1, 0.15) is 27.7 Å². The van der Waals surface area contributed by atoms with Crippen LogP contribution in [-0.4, -0.2) is 65.0 Å². The molecule has 1 unspecified atom stereocenters. The van der Waals surface area contributed by atoms with Crippen LogP contribution in [-0.2, 0) is 9.57 Å². The van der Waals surface area contributed by atoms with Gasteiger partial charge >= 0.3 is 6.09 Å². The summed E-state index contributed by atoms with van der Waals surface area (Å²) >= 11 is 0. The minimum atomic E-state index is -0.531. The van der Waals surface area contributed by atoms with E-state index in [0.29, 0.717) is 26.2 Å². The van der Waals surface area contributed by atoms with Crippen LogP contribution in [0.25, 0.3) is 16.6 Å². The largest absolute Gasteiger partial charge is 0.444 e. The molecule has 180 valence electrons. The maximum Gasteiger partial charge on any atom is 0.410 e. The summed E-state index contributed by atoms with van der Waals surface area (Å²) in [6.07, 6.45) is 3.46. The zero-order valence-electron chi connectivity index (χ0n) is 20.0. The van der Waals surface area contributed by atoms with Gasteiger partial charge in [-0.3, -0.25) is 4.84 Å². The number of fused-ring (bicyclic) bond motifs is 1. The van der Waals surface area contributed by atoms with Crippen molar-refractivity contribution in [1.82, 2.24) is 14.5 Å². The fourth-order valence-electron chi connectivity index (χ4n) is 4.53. The Bertz CT molecular complexity index is 1220. The minimum Gasteiger partial charge on any atom is -0.444 e. The average Bonchev–Trinajstić information content (AvgIpc) is 3.11. The number of anilines is 2. The molecule has 0 saturated carbocycles. The van der Waals surface area contributed by atoms with Gasteiger partial charge in [-0.1, -0.05) is 6.07 Å². The van der Waals surface area contributed by atoms with E-state index in [1.165, 1.54) is 12.1 Å². The Balaban J connectivity index is 1.51. The van der Waals surface area contributed by atoms with Crippen molar-refractivity contribution in [3.8, 4) is 5.69 Å². The Kier molecular flexibility index (Phi) is 5.59. The van der Waals surface area contributed by atoms with Gasteiger partial charge in [-0.25, -0.2) is 19.2 Å². The first kappa shape index (κ1) is 22.5. The van der Waals surface area contributed by atoms with E-state index in [1.807, 2.05) is 48.7 Å². The number of nitrogens with zero attached hydrogens (tertiary/aromatic N) is 5. The van der Waals surface area contributed by atoms with E-state index >= 15 is 0 Å².